The summed E-state index contributed by atoms with van der Waals surface area (Å²) >= 11 is 1.13. The van der Waals surface area contributed by atoms with Gasteiger partial charge in [0.15, 0.2) is 5.78 Å². The summed E-state index contributed by atoms with van der Waals surface area (Å²) in [7, 11) is 1.52. The van der Waals surface area contributed by atoms with E-state index in [1.165, 1.54) is 31.2 Å². The maximum Gasteiger partial charge on any atom is 0.389 e. The lowest BCUT2D eigenvalue weighted by Crippen LogP contribution is -2.32. The lowest BCUT2D eigenvalue weighted by Gasteiger charge is -2.24. The average Bonchev–Trinajstić information content (AvgIpc) is 3.06. The molecule has 0 bridgehead atoms. The Morgan fingerprint density at radius 2 is 1.71 bits per heavy atom. The van der Waals surface area contributed by atoms with Crippen molar-refractivity contribution < 1.29 is 26.4 Å². The van der Waals surface area contributed by atoms with Crippen molar-refractivity contribution in [1.29, 1.82) is 0 Å². The summed E-state index contributed by atoms with van der Waals surface area (Å²) < 4.78 is 66.3. The van der Waals surface area contributed by atoms with E-state index in [9.17, 15) is 26.4 Å². The van der Waals surface area contributed by atoms with Crippen LogP contribution in [0.2, 0.25) is 0 Å². The number of halogens is 3. The second-order valence-electron chi connectivity index (χ2n) is 7.05. The maximum atomic E-state index is 13.4. The van der Waals surface area contributed by atoms with Crippen molar-refractivity contribution in [2.45, 2.75) is 37.3 Å². The first kappa shape index (κ1) is 23.3. The standard InChI is InChI=1S/C21H19BF3NO3S2/c1-14(27)19-17-6-2-3-7-18(17)30-20(19)26(13-5-4-12-21(23,24)25)31(28,29)16-10-8-15(22)9-11-16/h2-3,6-11H,4-5,12-13H2,1H3. The number of ketones is 1. The Hall–Kier alpha value is -2.33. The van der Waals surface area contributed by atoms with E-state index < -0.39 is 22.6 Å². The molecule has 4 nitrogen and oxygen atoms in total. The molecule has 0 unspecified atom stereocenters. The molecular weight excluding hydrogens is 446 g/mol. The molecule has 0 aliphatic heterocycles. The van der Waals surface area contributed by atoms with Gasteiger partial charge < -0.3 is 0 Å². The second kappa shape index (κ2) is 9.04. The SMILES string of the molecule is [B]c1ccc(S(=O)(=O)N(CCCCC(F)(F)F)c2sc3ccccc3c2C(C)=O)cc1. The van der Waals surface area contributed by atoms with Crippen LogP contribution in [0.4, 0.5) is 18.2 Å². The van der Waals surface area contributed by atoms with E-state index in [-0.39, 0.29) is 40.6 Å². The number of hydrogen-bond donors (Lipinski definition) is 0. The van der Waals surface area contributed by atoms with Gasteiger partial charge in [-0.25, -0.2) is 8.42 Å². The first-order valence-corrected chi connectivity index (χ1v) is 11.7. The van der Waals surface area contributed by atoms with Crippen molar-refractivity contribution in [2.75, 3.05) is 10.8 Å². The van der Waals surface area contributed by atoms with Crippen LogP contribution in [0.1, 0.15) is 36.5 Å². The number of carbonyl (C=O) groups is 1. The van der Waals surface area contributed by atoms with Gasteiger partial charge in [-0.15, -0.1) is 11.3 Å². The van der Waals surface area contributed by atoms with E-state index >= 15 is 0 Å². The van der Waals surface area contributed by atoms with Gasteiger partial charge in [-0.05, 0) is 38.0 Å². The van der Waals surface area contributed by atoms with E-state index in [4.69, 9.17) is 7.85 Å². The van der Waals surface area contributed by atoms with Crippen LogP contribution in [0.3, 0.4) is 0 Å². The predicted octanol–water partition coefficient (Wildman–Crippen LogP) is 4.83. The number of unbranched alkanes of at least 4 members (excludes halogenated alkanes) is 1. The Morgan fingerprint density at radius 1 is 1.06 bits per heavy atom. The summed E-state index contributed by atoms with van der Waals surface area (Å²) in [4.78, 5) is 12.4. The van der Waals surface area contributed by atoms with Crippen LogP contribution in [0, 0.1) is 0 Å². The van der Waals surface area contributed by atoms with Crippen molar-refractivity contribution in [2.24, 2.45) is 0 Å². The average molecular weight is 465 g/mol. The van der Waals surface area contributed by atoms with Crippen molar-refractivity contribution >= 4 is 55.5 Å². The minimum Gasteiger partial charge on any atom is -0.294 e. The zero-order valence-electron chi connectivity index (χ0n) is 16.6. The van der Waals surface area contributed by atoms with Gasteiger partial charge in [-0.1, -0.05) is 35.8 Å². The molecule has 162 valence electrons. The van der Waals surface area contributed by atoms with Crippen molar-refractivity contribution in [3.05, 3.63) is 54.1 Å². The van der Waals surface area contributed by atoms with Gasteiger partial charge in [-0.3, -0.25) is 9.10 Å². The van der Waals surface area contributed by atoms with Gasteiger partial charge in [-0.2, -0.15) is 13.2 Å². The van der Waals surface area contributed by atoms with Crippen LogP contribution in [-0.2, 0) is 10.0 Å². The predicted molar refractivity (Wildman–Crippen MR) is 118 cm³/mol. The molecule has 0 saturated heterocycles. The molecule has 0 amide bonds. The summed E-state index contributed by atoms with van der Waals surface area (Å²) in [5.41, 5.74) is 0.623. The third-order valence-corrected chi connectivity index (χ3v) is 7.82. The van der Waals surface area contributed by atoms with Crippen molar-refractivity contribution in [1.82, 2.24) is 0 Å². The maximum absolute atomic E-state index is 13.4. The zero-order valence-corrected chi connectivity index (χ0v) is 18.3. The van der Waals surface area contributed by atoms with Crippen LogP contribution in [0.5, 0.6) is 0 Å². The molecule has 1 heterocycles. The molecule has 2 radical (unpaired) electrons. The van der Waals surface area contributed by atoms with Crippen LogP contribution >= 0.6 is 11.3 Å². The lowest BCUT2D eigenvalue weighted by atomic mass is 9.97. The monoisotopic (exact) mass is 465 g/mol. The quantitative estimate of drug-likeness (QED) is 0.272. The molecule has 0 fully saturated rings. The number of rotatable bonds is 8. The Bertz CT molecular complexity index is 1190. The highest BCUT2D eigenvalue weighted by Crippen LogP contribution is 2.41. The Kier molecular flexibility index (Phi) is 6.81. The summed E-state index contributed by atoms with van der Waals surface area (Å²) in [5.74, 6) is -0.319. The van der Waals surface area contributed by atoms with E-state index in [0.29, 0.717) is 10.8 Å². The highest BCUT2D eigenvalue weighted by Gasteiger charge is 2.31. The minimum atomic E-state index is -4.32. The summed E-state index contributed by atoms with van der Waals surface area (Å²) in [5, 5.41) is 0.820. The smallest absolute Gasteiger partial charge is 0.294 e. The van der Waals surface area contributed by atoms with Gasteiger partial charge in [0, 0.05) is 23.1 Å². The fourth-order valence-electron chi connectivity index (χ4n) is 3.23. The first-order valence-electron chi connectivity index (χ1n) is 9.48. The molecular formula is C21H19BF3NO3S2. The van der Waals surface area contributed by atoms with E-state index in [0.717, 1.165) is 20.3 Å². The summed E-state index contributed by atoms with van der Waals surface area (Å²) in [6.45, 7) is 1.16. The molecule has 31 heavy (non-hydrogen) atoms. The molecule has 0 N–H and O–H groups in total. The van der Waals surface area contributed by atoms with Crippen molar-refractivity contribution in [3.63, 3.8) is 0 Å². The number of alkyl halides is 3. The Labute approximate surface area is 184 Å². The number of Topliss-reactive ketones (excluding diaryl/α,β-unsaturated/α-hetero) is 1. The molecule has 3 rings (SSSR count). The Morgan fingerprint density at radius 3 is 2.32 bits per heavy atom. The van der Waals surface area contributed by atoms with Gasteiger partial charge in [0.2, 0.25) is 0 Å². The summed E-state index contributed by atoms with van der Waals surface area (Å²) in [6, 6.07) is 12.6. The molecule has 1 aromatic heterocycles. The number of hydrogen-bond acceptors (Lipinski definition) is 4. The molecule has 0 aliphatic carbocycles. The van der Waals surface area contributed by atoms with Gasteiger partial charge >= 0.3 is 6.18 Å². The Balaban J connectivity index is 2.08. The van der Waals surface area contributed by atoms with Gasteiger partial charge in [0.05, 0.1) is 10.5 Å². The van der Waals surface area contributed by atoms with Gasteiger partial charge in [0.25, 0.3) is 10.0 Å². The minimum absolute atomic E-state index is 0.0146. The normalized spacial score (nSPS) is 12.3. The number of sulfonamides is 1. The topological polar surface area (TPSA) is 54.5 Å². The van der Waals surface area contributed by atoms with Crippen LogP contribution in [0.25, 0.3) is 10.1 Å². The van der Waals surface area contributed by atoms with Crippen molar-refractivity contribution in [3.8, 4) is 0 Å². The van der Waals surface area contributed by atoms with E-state index in [1.54, 1.807) is 24.3 Å². The highest BCUT2D eigenvalue weighted by atomic mass is 32.2. The zero-order chi connectivity index (χ0) is 22.8. The number of fused-ring (bicyclic) bond motifs is 1. The number of thiophene rings is 1. The van der Waals surface area contributed by atoms with Crippen LogP contribution < -0.4 is 9.77 Å². The molecule has 2 aromatic carbocycles. The summed E-state index contributed by atoms with van der Waals surface area (Å²) in [6.07, 6.45) is -5.56. The molecule has 0 saturated carbocycles. The van der Waals surface area contributed by atoms with E-state index in [2.05, 4.69) is 0 Å². The third-order valence-electron chi connectivity index (χ3n) is 4.70. The molecule has 0 atom stereocenters. The molecule has 0 spiro atoms. The number of carbonyl (C=O) groups excluding carboxylic acids is 1. The fourth-order valence-corrected chi connectivity index (χ4v) is 6.23. The van der Waals surface area contributed by atoms with Crippen LogP contribution in [-0.4, -0.2) is 34.8 Å². The molecule has 0 aliphatic rings. The first-order chi connectivity index (χ1) is 14.5. The highest BCUT2D eigenvalue weighted by molar-refractivity contribution is 7.93. The van der Waals surface area contributed by atoms with E-state index in [1.807, 2.05) is 0 Å². The van der Waals surface area contributed by atoms with Crippen LogP contribution in [0.15, 0.2) is 53.4 Å². The number of benzene rings is 2. The second-order valence-corrected chi connectivity index (χ2v) is 9.95. The number of anilines is 1. The fraction of sp³-hybridized carbons (Fsp3) is 0.286. The largest absolute Gasteiger partial charge is 0.389 e. The third kappa shape index (κ3) is 5.30. The molecule has 3 aromatic rings. The number of nitrogens with zero attached hydrogens (tertiary/aromatic N) is 1. The molecule has 10 heteroatoms. The lowest BCUT2D eigenvalue weighted by molar-refractivity contribution is -0.135. The van der Waals surface area contributed by atoms with Gasteiger partial charge in [0.1, 0.15) is 12.8 Å².